The molecule has 1 atom stereocenters. The standard InChI is InChI=1S/C18H34O2.C3H8O3.C3H6O3/c1-2-3-4-5-6-7-8-9-10-11-12-13-14-15-16-17-18(19)20;4-1-3(6)2-5;1-2(4)3(5)6/h9-10H,2-8,11-17H2,1H3,(H,19,20);3-6H,1-2H2;2,4H,1H3,(H,5,6)/b10-9-;;. The monoisotopic (exact) mass is 464 g/mol. The van der Waals surface area contributed by atoms with Crippen LogP contribution in [0.15, 0.2) is 12.2 Å². The highest BCUT2D eigenvalue weighted by Crippen LogP contribution is 2.09. The normalized spacial score (nSPS) is 11.5. The van der Waals surface area contributed by atoms with Crippen LogP contribution >= 0.6 is 0 Å². The van der Waals surface area contributed by atoms with E-state index in [4.69, 9.17) is 30.6 Å². The van der Waals surface area contributed by atoms with E-state index < -0.39 is 24.1 Å². The summed E-state index contributed by atoms with van der Waals surface area (Å²) in [4.78, 5) is 19.8. The second kappa shape index (κ2) is 29.5. The zero-order valence-electron chi connectivity index (χ0n) is 20.1. The highest BCUT2D eigenvalue weighted by atomic mass is 16.4. The fraction of sp³-hybridized carbons (Fsp3) is 0.833. The van der Waals surface area contributed by atoms with Crippen LogP contribution in [0.4, 0.5) is 0 Å². The molecule has 0 fully saturated rings. The van der Waals surface area contributed by atoms with Crippen molar-refractivity contribution >= 4 is 11.9 Å². The Morgan fingerprint density at radius 1 is 0.719 bits per heavy atom. The summed E-state index contributed by atoms with van der Waals surface area (Å²) >= 11 is 0. The van der Waals surface area contributed by atoms with Crippen LogP contribution < -0.4 is 0 Å². The molecule has 0 bridgehead atoms. The maximum Gasteiger partial charge on any atom is 0.332 e. The molecule has 0 saturated heterocycles. The van der Waals surface area contributed by atoms with Gasteiger partial charge in [-0.05, 0) is 39.0 Å². The molecule has 0 radical (unpaired) electrons. The molecule has 8 nitrogen and oxygen atoms in total. The quantitative estimate of drug-likeness (QED) is 0.132. The van der Waals surface area contributed by atoms with Gasteiger partial charge in [-0.25, -0.2) is 4.79 Å². The molecule has 8 heteroatoms. The molecule has 0 spiro atoms. The summed E-state index contributed by atoms with van der Waals surface area (Å²) in [5, 5.41) is 48.3. The third-order valence-electron chi connectivity index (χ3n) is 4.43. The second-order valence-electron chi connectivity index (χ2n) is 7.76. The van der Waals surface area contributed by atoms with Crippen LogP contribution in [-0.2, 0) is 9.59 Å². The Labute approximate surface area is 194 Å². The third-order valence-corrected chi connectivity index (χ3v) is 4.43. The summed E-state index contributed by atoms with van der Waals surface area (Å²) in [6, 6.07) is 0. The number of allylic oxidation sites excluding steroid dienone is 2. The van der Waals surface area contributed by atoms with Crippen molar-refractivity contribution in [2.75, 3.05) is 13.2 Å². The van der Waals surface area contributed by atoms with Crippen molar-refractivity contribution in [2.24, 2.45) is 0 Å². The smallest absolute Gasteiger partial charge is 0.332 e. The Morgan fingerprint density at radius 3 is 1.41 bits per heavy atom. The highest BCUT2D eigenvalue weighted by molar-refractivity contribution is 5.71. The Bertz CT molecular complexity index is 420. The summed E-state index contributed by atoms with van der Waals surface area (Å²) in [5.41, 5.74) is 0. The van der Waals surface area contributed by atoms with Gasteiger partial charge < -0.3 is 30.6 Å². The van der Waals surface area contributed by atoms with E-state index >= 15 is 0 Å². The van der Waals surface area contributed by atoms with Gasteiger partial charge >= 0.3 is 11.9 Å². The maximum absolute atomic E-state index is 10.3. The Kier molecular flexibility index (Phi) is 32.4. The van der Waals surface area contributed by atoms with E-state index in [0.29, 0.717) is 6.42 Å². The lowest BCUT2D eigenvalue weighted by Gasteiger charge is -1.99. The highest BCUT2D eigenvalue weighted by Gasteiger charge is 2.01. The minimum Gasteiger partial charge on any atom is -0.481 e. The lowest BCUT2D eigenvalue weighted by Crippen LogP contribution is -2.15. The van der Waals surface area contributed by atoms with Crippen molar-refractivity contribution in [3.05, 3.63) is 12.2 Å². The topological polar surface area (TPSA) is 156 Å². The number of carbonyl (C=O) groups is 2. The number of aliphatic carboxylic acids is 2. The van der Waals surface area contributed by atoms with Crippen LogP contribution in [0.5, 0.6) is 0 Å². The fourth-order valence-electron chi connectivity index (χ4n) is 2.40. The molecule has 1 unspecified atom stereocenters. The number of hydrogen-bond donors (Lipinski definition) is 6. The van der Waals surface area contributed by atoms with Crippen LogP contribution in [-0.4, -0.2) is 68.0 Å². The van der Waals surface area contributed by atoms with Gasteiger partial charge in [-0.1, -0.05) is 70.4 Å². The zero-order valence-corrected chi connectivity index (χ0v) is 20.1. The number of rotatable bonds is 18. The molecule has 0 aromatic heterocycles. The average Bonchev–Trinajstić information content (AvgIpc) is 2.76. The van der Waals surface area contributed by atoms with Crippen LogP contribution in [0.2, 0.25) is 0 Å². The van der Waals surface area contributed by atoms with Crippen LogP contribution in [0, 0.1) is 0 Å². The summed E-state index contributed by atoms with van der Waals surface area (Å²) < 4.78 is 0. The Balaban J connectivity index is -0.000000571. The molecule has 0 aromatic rings. The largest absolute Gasteiger partial charge is 0.481 e. The number of carboxylic acids is 2. The molecule has 0 aliphatic heterocycles. The van der Waals surface area contributed by atoms with Gasteiger partial charge in [-0.3, -0.25) is 4.79 Å². The first-order valence-corrected chi connectivity index (χ1v) is 11.9. The first-order chi connectivity index (χ1) is 15.2. The lowest BCUT2D eigenvalue weighted by molar-refractivity contribution is -0.145. The third kappa shape index (κ3) is 39.0. The number of hydrogen-bond acceptors (Lipinski definition) is 6. The number of unbranched alkanes of at least 4 members (excludes halogenated alkanes) is 11. The van der Waals surface area contributed by atoms with Crippen LogP contribution in [0.25, 0.3) is 0 Å². The Hall–Kier alpha value is -1.48. The average molecular weight is 465 g/mol. The van der Waals surface area contributed by atoms with Gasteiger partial charge in [0.25, 0.3) is 0 Å². The van der Waals surface area contributed by atoms with E-state index in [2.05, 4.69) is 19.1 Å². The summed E-state index contributed by atoms with van der Waals surface area (Å²) in [5.74, 6) is -1.85. The van der Waals surface area contributed by atoms with E-state index in [-0.39, 0.29) is 13.2 Å². The molecule has 6 N–H and O–H groups in total. The molecule has 192 valence electrons. The number of aliphatic hydroxyl groups excluding tert-OH is 4. The van der Waals surface area contributed by atoms with Crippen molar-refractivity contribution in [1.82, 2.24) is 0 Å². The second-order valence-corrected chi connectivity index (χ2v) is 7.76. The molecule has 0 rings (SSSR count). The van der Waals surface area contributed by atoms with Gasteiger partial charge in [0.2, 0.25) is 0 Å². The predicted octanol–water partition coefficient (Wildman–Crippen LogP) is 3.89. The Morgan fingerprint density at radius 2 is 1.09 bits per heavy atom. The van der Waals surface area contributed by atoms with E-state index in [1.807, 2.05) is 0 Å². The van der Waals surface area contributed by atoms with E-state index in [0.717, 1.165) is 12.8 Å². The molecule has 0 aromatic carbocycles. The summed E-state index contributed by atoms with van der Waals surface area (Å²) in [7, 11) is 0. The molecule has 0 aliphatic rings. The summed E-state index contributed by atoms with van der Waals surface area (Å²) in [6.07, 6.45) is 19.1. The van der Waals surface area contributed by atoms with Crippen molar-refractivity contribution in [1.29, 1.82) is 0 Å². The van der Waals surface area contributed by atoms with E-state index in [1.165, 1.54) is 77.6 Å². The van der Waals surface area contributed by atoms with E-state index in [1.54, 1.807) is 0 Å². The van der Waals surface area contributed by atoms with Gasteiger partial charge in [-0.15, -0.1) is 0 Å². The zero-order chi connectivity index (χ0) is 25.0. The lowest BCUT2D eigenvalue weighted by atomic mass is 10.1. The molecule has 0 aliphatic carbocycles. The minimum absolute atomic E-state index is 0.332. The minimum atomic E-state index is -1.23. The number of carboxylic acid groups (broad SMARTS) is 2. The molecular formula is C24H48O8. The van der Waals surface area contributed by atoms with Gasteiger partial charge in [0.05, 0.1) is 13.2 Å². The fourth-order valence-corrected chi connectivity index (χ4v) is 2.40. The van der Waals surface area contributed by atoms with Gasteiger partial charge in [0.15, 0.2) is 0 Å². The summed E-state index contributed by atoms with van der Waals surface area (Å²) in [6.45, 7) is 2.73. The van der Waals surface area contributed by atoms with Crippen LogP contribution in [0.3, 0.4) is 0 Å². The van der Waals surface area contributed by atoms with E-state index in [9.17, 15) is 9.59 Å². The predicted molar refractivity (Wildman–Crippen MR) is 127 cm³/mol. The molecule has 0 saturated carbocycles. The molecule has 0 amide bonds. The first kappa shape index (κ1) is 35.1. The van der Waals surface area contributed by atoms with Gasteiger partial charge in [0, 0.05) is 6.42 Å². The number of aliphatic hydroxyl groups is 4. The van der Waals surface area contributed by atoms with Crippen molar-refractivity contribution < 1.29 is 40.2 Å². The first-order valence-electron chi connectivity index (χ1n) is 11.9. The van der Waals surface area contributed by atoms with Gasteiger partial charge in [0.1, 0.15) is 12.2 Å². The van der Waals surface area contributed by atoms with Crippen LogP contribution in [0.1, 0.15) is 104 Å². The molecule has 32 heavy (non-hydrogen) atoms. The SMILES string of the molecule is CC(O)C(=O)O.CCCCCCCC/C=C\CCCCCCCC(=O)O.OCC(O)CO. The molecule has 0 heterocycles. The molecular weight excluding hydrogens is 416 g/mol. The van der Waals surface area contributed by atoms with Crippen molar-refractivity contribution in [2.45, 2.75) is 116 Å². The van der Waals surface area contributed by atoms with Gasteiger partial charge in [-0.2, -0.15) is 0 Å². The maximum atomic E-state index is 10.3. The van der Waals surface area contributed by atoms with Crippen molar-refractivity contribution in [3.63, 3.8) is 0 Å². The van der Waals surface area contributed by atoms with Crippen molar-refractivity contribution in [3.8, 4) is 0 Å².